The van der Waals surface area contributed by atoms with Gasteiger partial charge in [-0.1, -0.05) is 24.3 Å². The smallest absolute Gasteiger partial charge is 0.393 e. The molecule has 1 unspecified atom stereocenters. The topological polar surface area (TPSA) is 93.5 Å². The number of benzene rings is 2. The minimum Gasteiger partial charge on any atom is -0.478 e. The van der Waals surface area contributed by atoms with Gasteiger partial charge in [-0.3, -0.25) is 4.79 Å². The molecule has 1 heterocycles. The summed E-state index contributed by atoms with van der Waals surface area (Å²) < 4.78 is 72.2. The average molecular weight is 511 g/mol. The van der Waals surface area contributed by atoms with E-state index in [9.17, 15) is 36.6 Å². The van der Waals surface area contributed by atoms with Gasteiger partial charge in [-0.25, -0.2) is 18.3 Å². The second-order valence-corrected chi connectivity index (χ2v) is 8.11. The summed E-state index contributed by atoms with van der Waals surface area (Å²) in [6.07, 6.45) is -8.82. The third kappa shape index (κ3) is 6.18. The summed E-state index contributed by atoms with van der Waals surface area (Å²) in [5.74, 6) is -2.54. The highest BCUT2D eigenvalue weighted by Gasteiger charge is 2.31. The van der Waals surface area contributed by atoms with Gasteiger partial charge in [0.05, 0.1) is 18.0 Å². The predicted octanol–water partition coefficient (Wildman–Crippen LogP) is 5.75. The van der Waals surface area contributed by atoms with Gasteiger partial charge in [0, 0.05) is 7.05 Å². The van der Waals surface area contributed by atoms with Crippen molar-refractivity contribution in [2.24, 2.45) is 7.05 Å². The first kappa shape index (κ1) is 26.6. The molecule has 0 radical (unpaired) electrons. The van der Waals surface area contributed by atoms with Crippen LogP contribution in [0.4, 0.5) is 22.0 Å². The predicted molar refractivity (Wildman–Crippen MR) is 118 cm³/mol. The number of amides is 1. The van der Waals surface area contributed by atoms with E-state index >= 15 is 0 Å². The van der Waals surface area contributed by atoms with Gasteiger partial charge in [-0.15, -0.1) is 0 Å². The van der Waals surface area contributed by atoms with Crippen LogP contribution in [-0.4, -0.2) is 32.9 Å². The van der Waals surface area contributed by atoms with E-state index in [0.717, 1.165) is 10.7 Å². The second-order valence-electron chi connectivity index (χ2n) is 8.11. The van der Waals surface area contributed by atoms with Crippen molar-refractivity contribution in [1.82, 2.24) is 15.1 Å². The van der Waals surface area contributed by atoms with Gasteiger partial charge in [0.25, 0.3) is 12.3 Å². The molecule has 2 aromatic carbocycles. The Morgan fingerprint density at radius 2 is 1.86 bits per heavy atom. The largest absolute Gasteiger partial charge is 0.478 e. The van der Waals surface area contributed by atoms with Crippen LogP contribution in [0.25, 0.3) is 0 Å². The molecule has 0 saturated heterocycles. The van der Waals surface area contributed by atoms with Crippen molar-refractivity contribution in [1.29, 1.82) is 0 Å². The maximum atomic E-state index is 13.7. The van der Waals surface area contributed by atoms with E-state index < -0.39 is 48.2 Å². The van der Waals surface area contributed by atoms with Gasteiger partial charge < -0.3 is 15.2 Å². The number of halogens is 5. The molecule has 1 aromatic heterocycles. The Morgan fingerprint density at radius 1 is 1.17 bits per heavy atom. The van der Waals surface area contributed by atoms with Crippen LogP contribution in [-0.2, 0) is 13.5 Å². The molecule has 0 spiro atoms. The first-order valence-electron chi connectivity index (χ1n) is 10.6. The van der Waals surface area contributed by atoms with Crippen LogP contribution in [0, 0.1) is 6.92 Å². The van der Waals surface area contributed by atoms with E-state index in [2.05, 4.69) is 10.4 Å². The lowest BCUT2D eigenvalue weighted by Gasteiger charge is -2.17. The number of carboxylic acids is 1. The number of aromatic carboxylic acids is 1. The van der Waals surface area contributed by atoms with Crippen LogP contribution < -0.4 is 10.1 Å². The fraction of sp³-hybridized carbons (Fsp3) is 0.292. The summed E-state index contributed by atoms with van der Waals surface area (Å²) in [6.45, 7) is 3.16. The number of aryl methyl sites for hydroxylation is 2. The zero-order valence-electron chi connectivity index (χ0n) is 19.4. The number of alkyl halides is 5. The molecule has 36 heavy (non-hydrogen) atoms. The molecule has 0 bridgehead atoms. The molecule has 0 saturated carbocycles. The zero-order chi connectivity index (χ0) is 26.8. The van der Waals surface area contributed by atoms with Crippen molar-refractivity contribution in [2.75, 3.05) is 0 Å². The molecule has 1 amide bonds. The molecular formula is C24H22F5N3O4. The number of carbonyl (C=O) groups excluding carboxylic acids is 1. The second kappa shape index (κ2) is 10.3. The van der Waals surface area contributed by atoms with Crippen LogP contribution in [0.3, 0.4) is 0 Å². The van der Waals surface area contributed by atoms with Crippen LogP contribution >= 0.6 is 0 Å². The van der Waals surface area contributed by atoms with Gasteiger partial charge in [0.15, 0.2) is 0 Å². The molecule has 0 aliphatic carbocycles. The number of carbonyl (C=O) groups is 2. The quantitative estimate of drug-likeness (QED) is 0.376. The van der Waals surface area contributed by atoms with E-state index in [1.807, 2.05) is 0 Å². The lowest BCUT2D eigenvalue weighted by molar-refractivity contribution is -0.127. The van der Waals surface area contributed by atoms with Crippen molar-refractivity contribution in [3.63, 3.8) is 0 Å². The maximum absolute atomic E-state index is 13.7. The summed E-state index contributed by atoms with van der Waals surface area (Å²) in [6, 6.07) is 8.66. The minimum absolute atomic E-state index is 0.0768. The SMILES string of the molecule is Cc1cc(C(C)NC(=O)c2c(C(F)F)nn(C)c2Oc2cccc(CC(F)(F)F)c2)ccc1C(=O)O. The number of aromatic nitrogens is 2. The van der Waals surface area contributed by atoms with E-state index in [4.69, 9.17) is 4.74 Å². The van der Waals surface area contributed by atoms with Gasteiger partial charge in [-0.2, -0.15) is 18.3 Å². The lowest BCUT2D eigenvalue weighted by atomic mass is 10.0. The van der Waals surface area contributed by atoms with E-state index in [0.29, 0.717) is 11.1 Å². The molecule has 3 rings (SSSR count). The molecule has 7 nitrogen and oxygen atoms in total. The van der Waals surface area contributed by atoms with Crippen molar-refractivity contribution >= 4 is 11.9 Å². The number of nitrogens with one attached hydrogen (secondary N) is 1. The van der Waals surface area contributed by atoms with Crippen LogP contribution in [0.2, 0.25) is 0 Å². The molecule has 0 aliphatic heterocycles. The number of hydrogen-bond donors (Lipinski definition) is 2. The summed E-state index contributed by atoms with van der Waals surface area (Å²) in [5.41, 5.74) is -0.501. The number of hydrogen-bond acceptors (Lipinski definition) is 4. The minimum atomic E-state index is -4.46. The summed E-state index contributed by atoms with van der Waals surface area (Å²) in [4.78, 5) is 24.3. The van der Waals surface area contributed by atoms with Crippen molar-refractivity contribution in [3.05, 3.63) is 76.0 Å². The van der Waals surface area contributed by atoms with Gasteiger partial charge in [0.2, 0.25) is 5.88 Å². The number of ether oxygens (including phenoxy) is 1. The van der Waals surface area contributed by atoms with Gasteiger partial charge >= 0.3 is 12.1 Å². The highest BCUT2D eigenvalue weighted by molar-refractivity contribution is 5.98. The number of rotatable bonds is 8. The summed E-state index contributed by atoms with van der Waals surface area (Å²) in [5, 5.41) is 15.4. The molecule has 2 N–H and O–H groups in total. The molecular weight excluding hydrogens is 489 g/mol. The highest BCUT2D eigenvalue weighted by Crippen LogP contribution is 2.34. The molecule has 12 heteroatoms. The van der Waals surface area contributed by atoms with Crippen LogP contribution in [0.5, 0.6) is 11.6 Å². The monoisotopic (exact) mass is 511 g/mol. The number of nitrogens with zero attached hydrogens (tertiary/aromatic N) is 2. The normalized spacial score (nSPS) is 12.5. The Labute approximate surface area is 202 Å². The van der Waals surface area contributed by atoms with Crippen molar-refractivity contribution in [2.45, 2.75) is 38.9 Å². The first-order valence-corrected chi connectivity index (χ1v) is 10.6. The maximum Gasteiger partial charge on any atom is 0.393 e. The fourth-order valence-corrected chi connectivity index (χ4v) is 3.62. The van der Waals surface area contributed by atoms with E-state index in [1.54, 1.807) is 19.9 Å². The molecule has 192 valence electrons. The third-order valence-corrected chi connectivity index (χ3v) is 5.30. The summed E-state index contributed by atoms with van der Waals surface area (Å²) >= 11 is 0. The molecule has 0 fully saturated rings. The Kier molecular flexibility index (Phi) is 7.65. The third-order valence-electron chi connectivity index (χ3n) is 5.30. The van der Waals surface area contributed by atoms with Crippen molar-refractivity contribution < 1.29 is 41.4 Å². The highest BCUT2D eigenvalue weighted by atomic mass is 19.4. The van der Waals surface area contributed by atoms with Crippen molar-refractivity contribution in [3.8, 4) is 11.6 Å². The standard InChI is InChI=1S/C24H22F5N3O4/c1-12-9-15(7-8-17(12)23(34)35)13(2)30-21(33)18-19(20(25)26)31-32(3)22(18)36-16-6-4-5-14(10-16)11-24(27,28)29/h4-10,13,20H,11H2,1-3H3,(H,30,33)(H,34,35). The molecule has 1 atom stereocenters. The molecule has 0 aliphatic rings. The molecule has 3 aromatic rings. The average Bonchev–Trinajstić information content (AvgIpc) is 3.08. The van der Waals surface area contributed by atoms with E-state index in [1.165, 1.54) is 37.4 Å². The Morgan fingerprint density at radius 3 is 2.44 bits per heavy atom. The Balaban J connectivity index is 1.92. The first-order chi connectivity index (χ1) is 16.8. The van der Waals surface area contributed by atoms with Gasteiger partial charge in [-0.05, 0) is 48.7 Å². The van der Waals surface area contributed by atoms with E-state index in [-0.39, 0.29) is 22.8 Å². The van der Waals surface area contributed by atoms with Crippen LogP contribution in [0.15, 0.2) is 42.5 Å². The summed E-state index contributed by atoms with van der Waals surface area (Å²) in [7, 11) is 1.26. The van der Waals surface area contributed by atoms with Gasteiger partial charge in [0.1, 0.15) is 17.0 Å². The number of carboxylic acid groups (broad SMARTS) is 1. The van der Waals surface area contributed by atoms with Crippen LogP contribution in [0.1, 0.15) is 62.5 Å². The Bertz CT molecular complexity index is 1290. The lowest BCUT2D eigenvalue weighted by Crippen LogP contribution is -2.28. The Hall–Kier alpha value is -3.96. The zero-order valence-corrected chi connectivity index (χ0v) is 19.4. The fourth-order valence-electron chi connectivity index (χ4n) is 3.62.